The van der Waals surface area contributed by atoms with Gasteiger partial charge in [0.15, 0.2) is 0 Å². The van der Waals surface area contributed by atoms with Gasteiger partial charge in [-0.3, -0.25) is 4.79 Å². The van der Waals surface area contributed by atoms with E-state index in [9.17, 15) is 22.4 Å². The first-order valence-corrected chi connectivity index (χ1v) is 7.51. The molecular formula is C18H14F4N2O2. The molecule has 2 aromatic carbocycles. The van der Waals surface area contributed by atoms with Gasteiger partial charge in [0, 0.05) is 5.69 Å². The minimum Gasteiger partial charge on any atom is -0.493 e. The molecule has 4 nitrogen and oxygen atoms in total. The van der Waals surface area contributed by atoms with E-state index >= 15 is 0 Å². The Labute approximate surface area is 147 Å². The van der Waals surface area contributed by atoms with Crippen molar-refractivity contribution in [2.45, 2.75) is 13.1 Å². The minimum absolute atomic E-state index is 0.0418. The maximum absolute atomic E-state index is 12.9. The third kappa shape index (κ3) is 4.96. The molecule has 0 aliphatic carbocycles. The van der Waals surface area contributed by atoms with Crippen LogP contribution in [-0.4, -0.2) is 12.5 Å². The molecule has 8 heteroatoms. The van der Waals surface area contributed by atoms with Crippen LogP contribution in [0.25, 0.3) is 0 Å². The summed E-state index contributed by atoms with van der Waals surface area (Å²) in [6.07, 6.45) is -4.71. The second-order valence-electron chi connectivity index (χ2n) is 5.53. The predicted molar refractivity (Wildman–Crippen MR) is 85.8 cm³/mol. The molecule has 1 atom stereocenters. The summed E-state index contributed by atoms with van der Waals surface area (Å²) in [5.41, 5.74) is -1.72. The van der Waals surface area contributed by atoms with Crippen LogP contribution in [-0.2, 0) is 11.0 Å². The predicted octanol–water partition coefficient (Wildman–Crippen LogP) is 4.37. The topological polar surface area (TPSA) is 62.1 Å². The molecule has 0 saturated carbocycles. The van der Waals surface area contributed by atoms with Crippen molar-refractivity contribution in [3.8, 4) is 11.8 Å². The number of hydrogen-bond donors (Lipinski definition) is 1. The van der Waals surface area contributed by atoms with Crippen LogP contribution in [0.3, 0.4) is 0 Å². The maximum Gasteiger partial charge on any atom is 0.417 e. The number of anilines is 1. The summed E-state index contributed by atoms with van der Waals surface area (Å²) in [5.74, 6) is -1.29. The van der Waals surface area contributed by atoms with Crippen molar-refractivity contribution < 1.29 is 27.1 Å². The Morgan fingerprint density at radius 2 is 1.88 bits per heavy atom. The zero-order valence-corrected chi connectivity index (χ0v) is 13.6. The van der Waals surface area contributed by atoms with Crippen LogP contribution in [0.1, 0.15) is 18.1 Å². The lowest BCUT2D eigenvalue weighted by molar-refractivity contribution is -0.137. The molecule has 0 aliphatic rings. The molecule has 0 unspecified atom stereocenters. The number of rotatable bonds is 5. The Morgan fingerprint density at radius 3 is 2.46 bits per heavy atom. The van der Waals surface area contributed by atoms with Crippen molar-refractivity contribution in [2.75, 3.05) is 11.9 Å². The zero-order chi connectivity index (χ0) is 19.3. The number of amides is 1. The van der Waals surface area contributed by atoms with Crippen LogP contribution in [0.4, 0.5) is 23.2 Å². The second kappa shape index (κ2) is 7.87. The number of nitriles is 1. The summed E-state index contributed by atoms with van der Waals surface area (Å²) in [5, 5.41) is 11.1. The van der Waals surface area contributed by atoms with Crippen molar-refractivity contribution in [1.82, 2.24) is 0 Å². The molecule has 0 spiro atoms. The highest BCUT2D eigenvalue weighted by Crippen LogP contribution is 2.33. The van der Waals surface area contributed by atoms with Crippen LogP contribution in [0, 0.1) is 23.1 Å². The van der Waals surface area contributed by atoms with E-state index in [4.69, 9.17) is 10.00 Å². The summed E-state index contributed by atoms with van der Waals surface area (Å²) in [4.78, 5) is 12.1. The van der Waals surface area contributed by atoms with E-state index in [-0.39, 0.29) is 12.3 Å². The second-order valence-corrected chi connectivity index (χ2v) is 5.53. The third-order valence-corrected chi connectivity index (χ3v) is 3.47. The molecule has 2 rings (SSSR count). The number of nitrogens with zero attached hydrogens (tertiary/aromatic N) is 1. The van der Waals surface area contributed by atoms with Gasteiger partial charge in [-0.15, -0.1) is 0 Å². The number of carbonyl (C=O) groups is 1. The van der Waals surface area contributed by atoms with Crippen molar-refractivity contribution in [3.63, 3.8) is 0 Å². The first-order valence-electron chi connectivity index (χ1n) is 7.51. The summed E-state index contributed by atoms with van der Waals surface area (Å²) in [7, 11) is 0. The molecule has 2 aromatic rings. The van der Waals surface area contributed by atoms with E-state index in [1.807, 2.05) is 0 Å². The number of benzene rings is 2. The molecule has 0 heterocycles. The largest absolute Gasteiger partial charge is 0.493 e. The maximum atomic E-state index is 12.9. The van der Waals surface area contributed by atoms with E-state index in [0.717, 1.165) is 6.07 Å². The van der Waals surface area contributed by atoms with Gasteiger partial charge in [-0.1, -0.05) is 6.92 Å². The highest BCUT2D eigenvalue weighted by molar-refractivity contribution is 5.92. The van der Waals surface area contributed by atoms with Gasteiger partial charge in [-0.25, -0.2) is 4.39 Å². The summed E-state index contributed by atoms with van der Waals surface area (Å²) in [6, 6.07) is 9.61. The van der Waals surface area contributed by atoms with Crippen LogP contribution in [0.2, 0.25) is 0 Å². The fourth-order valence-electron chi connectivity index (χ4n) is 2.05. The molecular weight excluding hydrogens is 352 g/mol. The lowest BCUT2D eigenvalue weighted by Gasteiger charge is -2.15. The SMILES string of the molecule is C[C@H](COc1ccc(F)cc1)C(=O)Nc1ccc(C#N)c(C(F)(F)F)c1. The van der Waals surface area contributed by atoms with Gasteiger partial charge < -0.3 is 10.1 Å². The molecule has 0 saturated heterocycles. The van der Waals surface area contributed by atoms with Gasteiger partial charge in [0.05, 0.1) is 29.7 Å². The lowest BCUT2D eigenvalue weighted by Crippen LogP contribution is -2.25. The van der Waals surface area contributed by atoms with Crippen molar-refractivity contribution in [1.29, 1.82) is 5.26 Å². The van der Waals surface area contributed by atoms with Crippen LogP contribution in [0.15, 0.2) is 42.5 Å². The van der Waals surface area contributed by atoms with E-state index in [1.54, 1.807) is 0 Å². The number of alkyl halides is 3. The average molecular weight is 366 g/mol. The van der Waals surface area contributed by atoms with E-state index < -0.39 is 34.9 Å². The van der Waals surface area contributed by atoms with Crippen molar-refractivity contribution in [3.05, 3.63) is 59.4 Å². The number of nitrogens with one attached hydrogen (secondary N) is 1. The Kier molecular flexibility index (Phi) is 5.82. The highest BCUT2D eigenvalue weighted by atomic mass is 19.4. The van der Waals surface area contributed by atoms with Crippen molar-refractivity contribution in [2.24, 2.45) is 5.92 Å². The molecule has 136 valence electrons. The van der Waals surface area contributed by atoms with Crippen LogP contribution >= 0.6 is 0 Å². The molecule has 0 radical (unpaired) electrons. The molecule has 1 N–H and O–H groups in total. The standard InChI is InChI=1S/C18H14F4N2O2/c1-11(10-26-15-6-3-13(19)4-7-15)17(25)24-14-5-2-12(9-23)16(8-14)18(20,21)22/h2-8,11H,10H2,1H3,(H,24,25)/t11-/m1/s1. The van der Waals surface area contributed by atoms with Crippen LogP contribution in [0.5, 0.6) is 5.75 Å². The van der Waals surface area contributed by atoms with Crippen LogP contribution < -0.4 is 10.1 Å². The molecule has 0 fully saturated rings. The van der Waals surface area contributed by atoms with Gasteiger partial charge in [-0.2, -0.15) is 18.4 Å². The Morgan fingerprint density at radius 1 is 1.23 bits per heavy atom. The molecule has 0 bridgehead atoms. The van der Waals surface area contributed by atoms with Gasteiger partial charge >= 0.3 is 6.18 Å². The fourth-order valence-corrected chi connectivity index (χ4v) is 2.05. The lowest BCUT2D eigenvalue weighted by atomic mass is 10.1. The first kappa shape index (κ1) is 19.2. The van der Waals surface area contributed by atoms with Gasteiger partial charge in [0.2, 0.25) is 5.91 Å². The summed E-state index contributed by atoms with van der Waals surface area (Å²) >= 11 is 0. The number of carbonyl (C=O) groups excluding carboxylic acids is 1. The van der Waals surface area contributed by atoms with E-state index in [0.29, 0.717) is 11.8 Å². The number of halogens is 4. The average Bonchev–Trinajstić information content (AvgIpc) is 2.60. The van der Waals surface area contributed by atoms with Gasteiger partial charge in [0.1, 0.15) is 11.6 Å². The van der Waals surface area contributed by atoms with Gasteiger partial charge in [-0.05, 0) is 42.5 Å². The monoisotopic (exact) mass is 366 g/mol. The normalized spacial score (nSPS) is 12.2. The first-order chi connectivity index (χ1) is 12.2. The zero-order valence-electron chi connectivity index (χ0n) is 13.6. The Hall–Kier alpha value is -3.08. The number of ether oxygens (including phenoxy) is 1. The summed E-state index contributed by atoms with van der Waals surface area (Å²) < 4.78 is 57.0. The number of hydrogen-bond acceptors (Lipinski definition) is 3. The fraction of sp³-hybridized carbons (Fsp3) is 0.222. The third-order valence-electron chi connectivity index (χ3n) is 3.47. The molecule has 0 aromatic heterocycles. The van der Waals surface area contributed by atoms with E-state index in [1.165, 1.54) is 43.3 Å². The molecule has 26 heavy (non-hydrogen) atoms. The highest BCUT2D eigenvalue weighted by Gasteiger charge is 2.34. The smallest absolute Gasteiger partial charge is 0.417 e. The Balaban J connectivity index is 2.02. The van der Waals surface area contributed by atoms with E-state index in [2.05, 4.69) is 5.32 Å². The van der Waals surface area contributed by atoms with Crippen molar-refractivity contribution >= 4 is 11.6 Å². The van der Waals surface area contributed by atoms with Gasteiger partial charge in [0.25, 0.3) is 0 Å². The molecule has 0 aliphatic heterocycles. The summed E-state index contributed by atoms with van der Waals surface area (Å²) in [6.45, 7) is 1.49. The molecule has 1 amide bonds. The quantitative estimate of drug-likeness (QED) is 0.800. The minimum atomic E-state index is -4.71. The Bertz CT molecular complexity index is 827.